The molecular formula is C20H22ClNO3S. The average Bonchev–Trinajstić information content (AvgIpc) is 2.64. The highest BCUT2D eigenvalue weighted by molar-refractivity contribution is 8.00. The summed E-state index contributed by atoms with van der Waals surface area (Å²) in [5, 5.41) is 3.28. The molecule has 0 fully saturated rings. The van der Waals surface area contributed by atoms with Gasteiger partial charge in [-0.05, 0) is 37.1 Å². The van der Waals surface area contributed by atoms with Gasteiger partial charge in [-0.25, -0.2) is 0 Å². The van der Waals surface area contributed by atoms with Crippen LogP contribution in [0.2, 0.25) is 5.02 Å². The van der Waals surface area contributed by atoms with E-state index in [1.807, 2.05) is 61.5 Å². The third-order valence-electron chi connectivity index (χ3n) is 3.67. The fraction of sp³-hybridized carbons (Fsp3) is 0.300. The summed E-state index contributed by atoms with van der Waals surface area (Å²) in [6.07, 6.45) is -0.797. The molecule has 26 heavy (non-hydrogen) atoms. The highest BCUT2D eigenvalue weighted by atomic mass is 35.5. The van der Waals surface area contributed by atoms with Crippen molar-refractivity contribution in [1.82, 2.24) is 5.32 Å². The minimum atomic E-state index is -0.797. The maximum Gasteiger partial charge on any atom is 0.316 e. The Morgan fingerprint density at radius 2 is 1.69 bits per heavy atom. The maximum atomic E-state index is 12.1. The molecule has 0 bridgehead atoms. The van der Waals surface area contributed by atoms with Crippen LogP contribution in [-0.4, -0.2) is 30.3 Å². The van der Waals surface area contributed by atoms with E-state index in [4.69, 9.17) is 16.3 Å². The van der Waals surface area contributed by atoms with Crippen molar-refractivity contribution >= 4 is 35.2 Å². The summed E-state index contributed by atoms with van der Waals surface area (Å²) in [6, 6.07) is 17.5. The van der Waals surface area contributed by atoms with E-state index in [0.29, 0.717) is 11.6 Å². The summed E-state index contributed by atoms with van der Waals surface area (Å²) in [5.41, 5.74) is 2.14. The largest absolute Gasteiger partial charge is 0.452 e. The number of benzene rings is 2. The van der Waals surface area contributed by atoms with E-state index in [0.717, 1.165) is 11.1 Å². The molecule has 4 nitrogen and oxygen atoms in total. The average molecular weight is 392 g/mol. The molecule has 2 aromatic carbocycles. The molecule has 0 aliphatic heterocycles. The Hall–Kier alpha value is -1.98. The van der Waals surface area contributed by atoms with Crippen LogP contribution in [0.15, 0.2) is 54.6 Å². The highest BCUT2D eigenvalue weighted by Crippen LogP contribution is 2.36. The summed E-state index contributed by atoms with van der Waals surface area (Å²) in [5.74, 6) is -0.557. The Kier molecular flexibility index (Phi) is 8.01. The van der Waals surface area contributed by atoms with Crippen LogP contribution in [0.3, 0.4) is 0 Å². The molecule has 2 atom stereocenters. The second kappa shape index (κ2) is 10.2. The zero-order valence-electron chi connectivity index (χ0n) is 14.8. The molecule has 1 amide bonds. The number of likely N-dealkylation sites (N-methyl/N-ethyl adjacent to an activating group) is 1. The second-order valence-electron chi connectivity index (χ2n) is 5.68. The quantitative estimate of drug-likeness (QED) is 0.684. The van der Waals surface area contributed by atoms with Crippen molar-refractivity contribution in [2.75, 3.05) is 12.3 Å². The first-order valence-corrected chi connectivity index (χ1v) is 9.83. The van der Waals surface area contributed by atoms with E-state index in [1.54, 1.807) is 6.92 Å². The van der Waals surface area contributed by atoms with Crippen LogP contribution >= 0.6 is 23.4 Å². The predicted octanol–water partition coefficient (Wildman–Crippen LogP) is 4.23. The number of thioether (sulfide) groups is 1. The van der Waals surface area contributed by atoms with Gasteiger partial charge in [0.15, 0.2) is 6.10 Å². The summed E-state index contributed by atoms with van der Waals surface area (Å²) < 4.78 is 5.21. The van der Waals surface area contributed by atoms with Gasteiger partial charge in [0.25, 0.3) is 5.91 Å². The third-order valence-corrected chi connectivity index (χ3v) is 5.20. The molecule has 0 radical (unpaired) electrons. The van der Waals surface area contributed by atoms with Crippen LogP contribution in [0.25, 0.3) is 0 Å². The normalized spacial score (nSPS) is 12.9. The van der Waals surface area contributed by atoms with Crippen LogP contribution in [0.1, 0.15) is 30.2 Å². The van der Waals surface area contributed by atoms with Crippen molar-refractivity contribution in [2.24, 2.45) is 0 Å². The van der Waals surface area contributed by atoms with Crippen LogP contribution in [0.5, 0.6) is 0 Å². The number of hydrogen-bond acceptors (Lipinski definition) is 4. The summed E-state index contributed by atoms with van der Waals surface area (Å²) in [6.45, 7) is 3.89. The fourth-order valence-electron chi connectivity index (χ4n) is 2.40. The summed E-state index contributed by atoms with van der Waals surface area (Å²) in [7, 11) is 0. The smallest absolute Gasteiger partial charge is 0.316 e. The SMILES string of the molecule is CCNC(=O)[C@H](C)OC(=O)CS[C@@H](c1ccccc1)c1ccc(Cl)cc1. The van der Waals surface area contributed by atoms with Crippen LogP contribution in [0, 0.1) is 0 Å². The van der Waals surface area contributed by atoms with E-state index >= 15 is 0 Å². The fourth-order valence-corrected chi connectivity index (χ4v) is 3.60. The van der Waals surface area contributed by atoms with Gasteiger partial charge < -0.3 is 10.1 Å². The second-order valence-corrected chi connectivity index (χ2v) is 7.21. The van der Waals surface area contributed by atoms with Gasteiger partial charge in [-0.15, -0.1) is 11.8 Å². The number of hydrogen-bond donors (Lipinski definition) is 1. The standard InChI is InChI=1S/C20H22ClNO3S/c1-3-22-20(24)14(2)25-18(23)13-26-19(15-7-5-4-6-8-15)16-9-11-17(21)12-10-16/h4-12,14,19H,3,13H2,1-2H3,(H,22,24)/t14-,19-/m0/s1. The van der Waals surface area contributed by atoms with Gasteiger partial charge in [0.1, 0.15) is 0 Å². The van der Waals surface area contributed by atoms with Gasteiger partial charge >= 0.3 is 5.97 Å². The zero-order valence-corrected chi connectivity index (χ0v) is 16.3. The van der Waals surface area contributed by atoms with Crippen LogP contribution in [0.4, 0.5) is 0 Å². The lowest BCUT2D eigenvalue weighted by molar-refractivity contribution is -0.152. The lowest BCUT2D eigenvalue weighted by atomic mass is 10.0. The van der Waals surface area contributed by atoms with Crippen molar-refractivity contribution in [1.29, 1.82) is 0 Å². The van der Waals surface area contributed by atoms with Crippen molar-refractivity contribution in [3.63, 3.8) is 0 Å². The predicted molar refractivity (Wildman–Crippen MR) is 106 cm³/mol. The summed E-state index contributed by atoms with van der Waals surface area (Å²) in [4.78, 5) is 23.8. The molecule has 6 heteroatoms. The Bertz CT molecular complexity index is 722. The first-order valence-electron chi connectivity index (χ1n) is 8.40. The Morgan fingerprint density at radius 1 is 1.08 bits per heavy atom. The lowest BCUT2D eigenvalue weighted by Crippen LogP contribution is -2.36. The number of esters is 1. The number of carbonyl (C=O) groups is 2. The topological polar surface area (TPSA) is 55.4 Å². The Balaban J connectivity index is 2.04. The first-order chi connectivity index (χ1) is 12.5. The number of halogens is 1. The van der Waals surface area contributed by atoms with Gasteiger partial charge in [0.2, 0.25) is 0 Å². The van der Waals surface area contributed by atoms with Crippen molar-refractivity contribution in [3.8, 4) is 0 Å². The van der Waals surface area contributed by atoms with E-state index in [1.165, 1.54) is 11.8 Å². The van der Waals surface area contributed by atoms with E-state index in [9.17, 15) is 9.59 Å². The van der Waals surface area contributed by atoms with Crippen molar-refractivity contribution in [2.45, 2.75) is 25.2 Å². The molecular weight excluding hydrogens is 370 g/mol. The summed E-state index contributed by atoms with van der Waals surface area (Å²) >= 11 is 7.44. The van der Waals surface area contributed by atoms with Gasteiger partial charge in [0, 0.05) is 11.6 Å². The van der Waals surface area contributed by atoms with E-state index < -0.39 is 12.1 Å². The van der Waals surface area contributed by atoms with E-state index in [2.05, 4.69) is 5.32 Å². The number of carbonyl (C=O) groups excluding carboxylic acids is 2. The monoisotopic (exact) mass is 391 g/mol. The molecule has 1 N–H and O–H groups in total. The van der Waals surface area contributed by atoms with Crippen molar-refractivity contribution in [3.05, 3.63) is 70.7 Å². The number of amides is 1. The molecule has 0 aromatic heterocycles. The third kappa shape index (κ3) is 6.07. The van der Waals surface area contributed by atoms with Crippen LogP contribution < -0.4 is 5.32 Å². The zero-order chi connectivity index (χ0) is 18.9. The lowest BCUT2D eigenvalue weighted by Gasteiger charge is -2.18. The molecule has 0 unspecified atom stereocenters. The van der Waals surface area contributed by atoms with Gasteiger partial charge in [-0.3, -0.25) is 9.59 Å². The Morgan fingerprint density at radius 3 is 2.31 bits per heavy atom. The molecule has 2 rings (SSSR count). The molecule has 2 aromatic rings. The maximum absolute atomic E-state index is 12.1. The minimum absolute atomic E-state index is 0.0270. The number of ether oxygens (including phenoxy) is 1. The minimum Gasteiger partial charge on any atom is -0.452 e. The molecule has 138 valence electrons. The molecule has 0 heterocycles. The molecule has 0 aliphatic rings. The van der Waals surface area contributed by atoms with Gasteiger partial charge in [-0.1, -0.05) is 54.1 Å². The van der Waals surface area contributed by atoms with Gasteiger partial charge in [0.05, 0.1) is 11.0 Å². The van der Waals surface area contributed by atoms with Crippen molar-refractivity contribution < 1.29 is 14.3 Å². The molecule has 0 aliphatic carbocycles. The molecule has 0 saturated heterocycles. The first kappa shape index (κ1) is 20.3. The van der Waals surface area contributed by atoms with E-state index in [-0.39, 0.29) is 16.9 Å². The molecule has 0 spiro atoms. The number of rotatable bonds is 8. The Labute approximate surface area is 163 Å². The number of nitrogens with one attached hydrogen (secondary N) is 1. The molecule has 0 saturated carbocycles. The van der Waals surface area contributed by atoms with Gasteiger partial charge in [-0.2, -0.15) is 0 Å². The highest BCUT2D eigenvalue weighted by Gasteiger charge is 2.20. The van der Waals surface area contributed by atoms with Crippen LogP contribution in [-0.2, 0) is 14.3 Å².